The highest BCUT2D eigenvalue weighted by Gasteiger charge is 2.23. The van der Waals surface area contributed by atoms with E-state index in [1.54, 1.807) is 0 Å². The van der Waals surface area contributed by atoms with E-state index in [4.69, 9.17) is 8.83 Å². The van der Waals surface area contributed by atoms with Gasteiger partial charge in [0, 0.05) is 58.4 Å². The van der Waals surface area contributed by atoms with Gasteiger partial charge < -0.3 is 13.7 Å². The normalized spacial score (nSPS) is 11.9. The lowest BCUT2D eigenvalue weighted by Gasteiger charge is -2.28. The smallest absolute Gasteiger partial charge is 0.159 e. The average Bonchev–Trinajstić information content (AvgIpc) is 3.96. The van der Waals surface area contributed by atoms with Crippen molar-refractivity contribution < 1.29 is 8.83 Å². The van der Waals surface area contributed by atoms with Gasteiger partial charge in [0.05, 0.1) is 11.4 Å². The van der Waals surface area contributed by atoms with Crippen LogP contribution in [0, 0.1) is 0 Å². The van der Waals surface area contributed by atoms with Gasteiger partial charge in [-0.1, -0.05) is 133 Å². The molecule has 3 heterocycles. The second-order valence-electron chi connectivity index (χ2n) is 14.4. The van der Waals surface area contributed by atoms with Crippen molar-refractivity contribution in [3.63, 3.8) is 0 Å². The van der Waals surface area contributed by atoms with Gasteiger partial charge in [0.1, 0.15) is 16.7 Å². The fraction of sp³-hybridized carbons (Fsp3) is 0. The van der Waals surface area contributed by atoms with Gasteiger partial charge in [0.25, 0.3) is 0 Å². The number of thiophene rings is 1. The van der Waals surface area contributed by atoms with Crippen LogP contribution in [0.2, 0.25) is 0 Å². The van der Waals surface area contributed by atoms with Crippen LogP contribution in [0.15, 0.2) is 197 Å². The standard InChI is InChI=1S/C52H31NO2S/c1-2-13-37-32(11-1)25-29-42-44-31-34(26-30-48(44)54-50(37)42)36-12-3-6-19-45(36)53(46-20-10-17-41-39-14-4-7-21-47(39)55-51(41)46)35-27-23-33(24-28-35)38-16-9-18-43-40-15-5-8-22-49(40)56-52(38)43/h1-31H. The summed E-state index contributed by atoms with van der Waals surface area (Å²) in [5.74, 6) is 0. The van der Waals surface area contributed by atoms with E-state index < -0.39 is 0 Å². The number of fused-ring (bicyclic) bond motifs is 11. The van der Waals surface area contributed by atoms with E-state index in [1.165, 1.54) is 36.7 Å². The van der Waals surface area contributed by atoms with Crippen LogP contribution >= 0.6 is 11.3 Å². The van der Waals surface area contributed by atoms with Crippen molar-refractivity contribution in [1.29, 1.82) is 0 Å². The SMILES string of the molecule is c1ccc(N(c2ccc(-c3cccc4c3sc3ccccc34)cc2)c2cccc3c2oc2ccccc23)c(-c2ccc3oc4c5ccccc5ccc4c3c2)c1. The molecule has 3 aromatic heterocycles. The predicted octanol–water partition coefficient (Wildman–Crippen LogP) is 15.8. The molecule has 0 bridgehead atoms. The Morgan fingerprint density at radius 1 is 0.375 bits per heavy atom. The second-order valence-corrected chi connectivity index (χ2v) is 15.5. The first kappa shape index (κ1) is 31.2. The molecule has 0 aliphatic carbocycles. The first-order valence-electron chi connectivity index (χ1n) is 18.9. The zero-order valence-electron chi connectivity index (χ0n) is 30.1. The van der Waals surface area contributed by atoms with Crippen LogP contribution in [0.25, 0.3) is 97.1 Å². The van der Waals surface area contributed by atoms with Gasteiger partial charge in [-0.2, -0.15) is 0 Å². The lowest BCUT2D eigenvalue weighted by molar-refractivity contribution is 0.669. The summed E-state index contributed by atoms with van der Waals surface area (Å²) < 4.78 is 15.8. The van der Waals surface area contributed by atoms with Crippen molar-refractivity contribution >= 4 is 103 Å². The molecule has 262 valence electrons. The molecule has 12 rings (SSSR count). The summed E-state index contributed by atoms with van der Waals surface area (Å²) in [7, 11) is 0. The lowest BCUT2D eigenvalue weighted by atomic mass is 9.98. The molecule has 0 radical (unpaired) electrons. The molecule has 4 heteroatoms. The second kappa shape index (κ2) is 12.2. The number of furan rings is 2. The largest absolute Gasteiger partial charge is 0.455 e. The molecule has 0 fully saturated rings. The van der Waals surface area contributed by atoms with Crippen LogP contribution < -0.4 is 4.90 Å². The maximum atomic E-state index is 6.70. The van der Waals surface area contributed by atoms with Crippen LogP contribution in [0.3, 0.4) is 0 Å². The van der Waals surface area contributed by atoms with E-state index in [1.807, 2.05) is 17.4 Å². The summed E-state index contributed by atoms with van der Waals surface area (Å²) in [6, 6.07) is 67.2. The molecule has 56 heavy (non-hydrogen) atoms. The minimum atomic E-state index is 0.853. The quantitative estimate of drug-likeness (QED) is 0.176. The van der Waals surface area contributed by atoms with Gasteiger partial charge in [0.15, 0.2) is 5.58 Å². The molecule has 0 saturated carbocycles. The summed E-state index contributed by atoms with van der Waals surface area (Å²) in [6.45, 7) is 0. The van der Waals surface area contributed by atoms with Gasteiger partial charge in [-0.15, -0.1) is 11.3 Å². The first-order chi connectivity index (χ1) is 27.8. The summed E-state index contributed by atoms with van der Waals surface area (Å²) in [4.78, 5) is 2.36. The van der Waals surface area contributed by atoms with Crippen molar-refractivity contribution in [1.82, 2.24) is 0 Å². The van der Waals surface area contributed by atoms with Gasteiger partial charge in [-0.25, -0.2) is 0 Å². The Balaban J connectivity index is 1.06. The molecule has 0 atom stereocenters. The number of hydrogen-bond donors (Lipinski definition) is 0. The molecule has 0 aliphatic rings. The molecular weight excluding hydrogens is 703 g/mol. The minimum Gasteiger partial charge on any atom is -0.455 e. The molecule has 0 amide bonds. The number of rotatable bonds is 5. The van der Waals surface area contributed by atoms with Crippen LogP contribution in [0.1, 0.15) is 0 Å². The lowest BCUT2D eigenvalue weighted by Crippen LogP contribution is -2.11. The van der Waals surface area contributed by atoms with Crippen molar-refractivity contribution in [3.8, 4) is 22.3 Å². The van der Waals surface area contributed by atoms with Crippen LogP contribution in [-0.2, 0) is 0 Å². The van der Waals surface area contributed by atoms with E-state index in [2.05, 4.69) is 187 Å². The third-order valence-corrected chi connectivity index (χ3v) is 12.5. The number of nitrogens with zero attached hydrogens (tertiary/aromatic N) is 1. The highest BCUT2D eigenvalue weighted by molar-refractivity contribution is 7.26. The summed E-state index contributed by atoms with van der Waals surface area (Å²) in [5, 5.41) is 9.32. The topological polar surface area (TPSA) is 29.5 Å². The third-order valence-electron chi connectivity index (χ3n) is 11.3. The van der Waals surface area contributed by atoms with E-state index >= 15 is 0 Å². The molecule has 0 aliphatic heterocycles. The van der Waals surface area contributed by atoms with Gasteiger partial charge in [-0.05, 0) is 76.7 Å². The third kappa shape index (κ3) is 4.70. The molecule has 12 aromatic rings. The first-order valence-corrected chi connectivity index (χ1v) is 19.7. The summed E-state index contributed by atoms with van der Waals surface area (Å²) in [6.07, 6.45) is 0. The Morgan fingerprint density at radius 3 is 1.95 bits per heavy atom. The molecule has 0 N–H and O–H groups in total. The number of benzene rings is 9. The predicted molar refractivity (Wildman–Crippen MR) is 237 cm³/mol. The zero-order chi connectivity index (χ0) is 36.7. The summed E-state index contributed by atoms with van der Waals surface area (Å²) >= 11 is 1.86. The number of hydrogen-bond acceptors (Lipinski definition) is 4. The molecule has 3 nitrogen and oxygen atoms in total. The van der Waals surface area contributed by atoms with E-state index in [0.29, 0.717) is 0 Å². The van der Waals surface area contributed by atoms with Crippen molar-refractivity contribution in [3.05, 3.63) is 188 Å². The molecule has 9 aromatic carbocycles. The van der Waals surface area contributed by atoms with Gasteiger partial charge >= 0.3 is 0 Å². The Kier molecular flexibility index (Phi) is 6.80. The van der Waals surface area contributed by atoms with Crippen molar-refractivity contribution in [2.24, 2.45) is 0 Å². The van der Waals surface area contributed by atoms with Crippen molar-refractivity contribution in [2.45, 2.75) is 0 Å². The highest BCUT2D eigenvalue weighted by Crippen LogP contribution is 2.47. The molecule has 0 unspecified atom stereocenters. The Labute approximate surface area is 325 Å². The molecule has 0 saturated heterocycles. The minimum absolute atomic E-state index is 0.853. The Bertz CT molecular complexity index is 3500. The maximum absolute atomic E-state index is 6.70. The Hall–Kier alpha value is -7.14. The Morgan fingerprint density at radius 2 is 1.02 bits per heavy atom. The molecular formula is C52H31NO2S. The average molecular weight is 734 g/mol. The van der Waals surface area contributed by atoms with Gasteiger partial charge in [0.2, 0.25) is 0 Å². The number of para-hydroxylation sites is 3. The van der Waals surface area contributed by atoms with E-state index in [0.717, 1.165) is 77.5 Å². The fourth-order valence-corrected chi connectivity index (χ4v) is 9.90. The highest BCUT2D eigenvalue weighted by atomic mass is 32.1. The van der Waals surface area contributed by atoms with Gasteiger partial charge in [-0.3, -0.25) is 0 Å². The molecule has 0 spiro atoms. The fourth-order valence-electron chi connectivity index (χ4n) is 8.67. The maximum Gasteiger partial charge on any atom is 0.159 e. The monoisotopic (exact) mass is 733 g/mol. The zero-order valence-corrected chi connectivity index (χ0v) is 30.9. The van der Waals surface area contributed by atoms with Crippen LogP contribution in [-0.4, -0.2) is 0 Å². The van der Waals surface area contributed by atoms with Crippen LogP contribution in [0.4, 0.5) is 17.1 Å². The van der Waals surface area contributed by atoms with E-state index in [9.17, 15) is 0 Å². The van der Waals surface area contributed by atoms with Crippen LogP contribution in [0.5, 0.6) is 0 Å². The number of anilines is 3. The van der Waals surface area contributed by atoms with E-state index in [-0.39, 0.29) is 0 Å². The van der Waals surface area contributed by atoms with Crippen molar-refractivity contribution in [2.75, 3.05) is 4.90 Å². The summed E-state index contributed by atoms with van der Waals surface area (Å²) in [5.41, 5.74) is 11.3.